The molecule has 4 rings (SSSR count). The average molecular weight is 450 g/mol. The Morgan fingerprint density at radius 1 is 1.06 bits per heavy atom. The summed E-state index contributed by atoms with van der Waals surface area (Å²) in [6.07, 6.45) is 6.41. The van der Waals surface area contributed by atoms with Gasteiger partial charge < -0.3 is 14.5 Å². The van der Waals surface area contributed by atoms with Crippen LogP contribution in [0.3, 0.4) is 0 Å². The number of nitrogens with zero attached hydrogens (tertiary/aromatic N) is 3. The van der Waals surface area contributed by atoms with Crippen molar-refractivity contribution in [1.29, 1.82) is 0 Å². The van der Waals surface area contributed by atoms with Gasteiger partial charge in [0.15, 0.2) is 0 Å². The van der Waals surface area contributed by atoms with E-state index in [2.05, 4.69) is 24.3 Å². The Bertz CT molecular complexity index is 973. The molecule has 0 saturated carbocycles. The fourth-order valence-electron chi connectivity index (χ4n) is 4.97. The fraction of sp³-hybridized carbons (Fsp3) is 0.519. The van der Waals surface area contributed by atoms with Crippen LogP contribution in [0.15, 0.2) is 36.4 Å². The number of ether oxygens (including phenoxy) is 1. The molecule has 2 saturated heterocycles. The van der Waals surface area contributed by atoms with Crippen LogP contribution in [0.25, 0.3) is 0 Å². The van der Waals surface area contributed by atoms with Crippen molar-refractivity contribution >= 4 is 11.8 Å². The monoisotopic (exact) mass is 449 g/mol. The van der Waals surface area contributed by atoms with Crippen molar-refractivity contribution in [3.63, 3.8) is 0 Å². The molecule has 1 aromatic carbocycles. The zero-order valence-corrected chi connectivity index (χ0v) is 19.9. The van der Waals surface area contributed by atoms with Gasteiger partial charge in [-0.1, -0.05) is 18.6 Å². The maximum atomic E-state index is 13.0. The predicted octanol–water partition coefficient (Wildman–Crippen LogP) is 4.10. The zero-order valence-electron chi connectivity index (χ0n) is 19.9. The van der Waals surface area contributed by atoms with Gasteiger partial charge >= 0.3 is 0 Å². The molecule has 2 aliphatic rings. The van der Waals surface area contributed by atoms with Gasteiger partial charge in [0, 0.05) is 43.4 Å². The number of benzene rings is 1. The molecule has 2 aliphatic heterocycles. The Morgan fingerprint density at radius 2 is 1.88 bits per heavy atom. The van der Waals surface area contributed by atoms with Crippen molar-refractivity contribution in [2.24, 2.45) is 0 Å². The number of piperidine rings is 1. The van der Waals surface area contributed by atoms with Crippen molar-refractivity contribution in [3.05, 3.63) is 58.9 Å². The fourth-order valence-corrected chi connectivity index (χ4v) is 4.97. The van der Waals surface area contributed by atoms with Crippen molar-refractivity contribution in [3.8, 4) is 5.75 Å². The van der Waals surface area contributed by atoms with Gasteiger partial charge in [0.05, 0.1) is 13.7 Å². The number of pyridine rings is 1. The molecule has 2 fully saturated rings. The van der Waals surface area contributed by atoms with E-state index in [-0.39, 0.29) is 24.3 Å². The first-order valence-corrected chi connectivity index (χ1v) is 12.2. The summed E-state index contributed by atoms with van der Waals surface area (Å²) in [7, 11) is 1.68. The van der Waals surface area contributed by atoms with Crippen LogP contribution in [0.4, 0.5) is 0 Å². The second kappa shape index (κ2) is 10.8. The van der Waals surface area contributed by atoms with Gasteiger partial charge in [-0.05, 0) is 74.4 Å². The van der Waals surface area contributed by atoms with E-state index in [0.29, 0.717) is 19.5 Å². The minimum atomic E-state index is 0.0704. The number of carbonyl (C=O) groups is 2. The Labute approximate surface area is 196 Å². The molecule has 0 N–H and O–H groups in total. The van der Waals surface area contributed by atoms with Crippen molar-refractivity contribution in [2.75, 3.05) is 33.3 Å². The maximum Gasteiger partial charge on any atom is 0.242 e. The number of carbonyl (C=O) groups excluding carboxylic acids is 2. The predicted molar refractivity (Wildman–Crippen MR) is 128 cm³/mol. The summed E-state index contributed by atoms with van der Waals surface area (Å²) >= 11 is 0. The van der Waals surface area contributed by atoms with Crippen molar-refractivity contribution in [1.82, 2.24) is 14.8 Å². The van der Waals surface area contributed by atoms with Crippen LogP contribution >= 0.6 is 0 Å². The summed E-state index contributed by atoms with van der Waals surface area (Å²) in [6.45, 7) is 4.41. The van der Waals surface area contributed by atoms with Gasteiger partial charge in [-0.3, -0.25) is 14.6 Å². The Balaban J connectivity index is 1.42. The standard InChI is InChI=1S/C27H35N3O3/c1-20-15-22(16-21-9-11-24(33-2)12-10-21)17-25(28-20)23-7-6-14-29(18-23)27(32)19-30-13-5-3-4-8-26(30)31/h9-12,15,17,23H,3-8,13-14,16,18-19H2,1-2H3/t23-/m1/s1. The van der Waals surface area contributed by atoms with E-state index < -0.39 is 0 Å². The SMILES string of the molecule is COc1ccc(Cc2cc(C)nc([C@@H]3CCCN(C(=O)CN4CCCCCC4=O)C3)c2)cc1. The minimum absolute atomic E-state index is 0.0704. The van der Waals surface area contributed by atoms with Gasteiger partial charge in [0.2, 0.25) is 11.8 Å². The lowest BCUT2D eigenvalue weighted by Crippen LogP contribution is -2.46. The number of methoxy groups -OCH3 is 1. The summed E-state index contributed by atoms with van der Waals surface area (Å²) in [4.78, 5) is 33.9. The molecule has 33 heavy (non-hydrogen) atoms. The zero-order chi connectivity index (χ0) is 23.2. The third-order valence-electron chi connectivity index (χ3n) is 6.79. The van der Waals surface area contributed by atoms with E-state index in [4.69, 9.17) is 9.72 Å². The number of hydrogen-bond donors (Lipinski definition) is 0. The van der Waals surface area contributed by atoms with Crippen molar-refractivity contribution in [2.45, 2.75) is 57.8 Å². The molecule has 0 bridgehead atoms. The van der Waals surface area contributed by atoms with Crippen LogP contribution in [0, 0.1) is 6.92 Å². The molecule has 176 valence electrons. The molecule has 6 heteroatoms. The number of rotatable bonds is 6. The normalized spacial score (nSPS) is 19.3. The minimum Gasteiger partial charge on any atom is -0.497 e. The van der Waals surface area contributed by atoms with E-state index in [1.54, 1.807) is 12.0 Å². The van der Waals surface area contributed by atoms with E-state index in [1.807, 2.05) is 24.0 Å². The molecule has 2 aromatic rings. The number of aryl methyl sites for hydroxylation is 1. The Hall–Kier alpha value is -2.89. The van der Waals surface area contributed by atoms with Gasteiger partial charge in [-0.2, -0.15) is 0 Å². The highest BCUT2D eigenvalue weighted by Gasteiger charge is 2.28. The van der Waals surface area contributed by atoms with Crippen molar-refractivity contribution < 1.29 is 14.3 Å². The highest BCUT2D eigenvalue weighted by atomic mass is 16.5. The third kappa shape index (κ3) is 6.12. The molecule has 0 unspecified atom stereocenters. The quantitative estimate of drug-likeness (QED) is 0.666. The molecular formula is C27H35N3O3. The van der Waals surface area contributed by atoms with Crippen LogP contribution in [-0.4, -0.2) is 59.9 Å². The molecule has 2 amide bonds. The van der Waals surface area contributed by atoms with Crippen LogP contribution in [0.2, 0.25) is 0 Å². The lowest BCUT2D eigenvalue weighted by atomic mass is 9.92. The number of amides is 2. The van der Waals surface area contributed by atoms with E-state index in [9.17, 15) is 9.59 Å². The number of aromatic nitrogens is 1. The first kappa shape index (κ1) is 23.3. The van der Waals surface area contributed by atoms with Crippen LogP contribution in [0.1, 0.15) is 67.0 Å². The third-order valence-corrected chi connectivity index (χ3v) is 6.79. The van der Waals surface area contributed by atoms with E-state index in [1.165, 1.54) is 11.1 Å². The summed E-state index contributed by atoms with van der Waals surface area (Å²) in [5.41, 5.74) is 4.55. The molecule has 6 nitrogen and oxygen atoms in total. The Morgan fingerprint density at radius 3 is 2.67 bits per heavy atom. The smallest absolute Gasteiger partial charge is 0.242 e. The molecule has 0 spiro atoms. The highest BCUT2D eigenvalue weighted by Crippen LogP contribution is 2.28. The summed E-state index contributed by atoms with van der Waals surface area (Å²) in [5.74, 6) is 1.29. The van der Waals surface area contributed by atoms with E-state index >= 15 is 0 Å². The number of hydrogen-bond acceptors (Lipinski definition) is 4. The van der Waals surface area contributed by atoms with Crippen LogP contribution in [-0.2, 0) is 16.0 Å². The van der Waals surface area contributed by atoms with Gasteiger partial charge in [0.1, 0.15) is 5.75 Å². The molecule has 3 heterocycles. The number of likely N-dealkylation sites (tertiary alicyclic amines) is 2. The second-order valence-electron chi connectivity index (χ2n) is 9.37. The first-order chi connectivity index (χ1) is 16.0. The first-order valence-electron chi connectivity index (χ1n) is 12.2. The van der Waals surface area contributed by atoms with E-state index in [0.717, 1.165) is 62.2 Å². The topological polar surface area (TPSA) is 62.7 Å². The largest absolute Gasteiger partial charge is 0.497 e. The summed E-state index contributed by atoms with van der Waals surface area (Å²) < 4.78 is 5.26. The molecular weight excluding hydrogens is 414 g/mol. The molecule has 0 radical (unpaired) electrons. The van der Waals surface area contributed by atoms with Gasteiger partial charge in [-0.25, -0.2) is 0 Å². The second-order valence-corrected chi connectivity index (χ2v) is 9.37. The van der Waals surface area contributed by atoms with Crippen LogP contribution in [0.5, 0.6) is 5.75 Å². The maximum absolute atomic E-state index is 13.0. The van der Waals surface area contributed by atoms with Crippen LogP contribution < -0.4 is 4.74 Å². The molecule has 0 aliphatic carbocycles. The lowest BCUT2D eigenvalue weighted by Gasteiger charge is -2.34. The molecule has 1 atom stereocenters. The summed E-state index contributed by atoms with van der Waals surface area (Å²) in [5, 5.41) is 0. The molecule has 1 aromatic heterocycles. The van der Waals surface area contributed by atoms with Gasteiger partial charge in [-0.15, -0.1) is 0 Å². The van der Waals surface area contributed by atoms with Gasteiger partial charge in [0.25, 0.3) is 0 Å². The summed E-state index contributed by atoms with van der Waals surface area (Å²) in [6, 6.07) is 12.5. The Kier molecular flexibility index (Phi) is 7.63. The average Bonchev–Trinajstić information content (AvgIpc) is 3.03. The highest BCUT2D eigenvalue weighted by molar-refractivity contribution is 5.85. The lowest BCUT2D eigenvalue weighted by molar-refractivity contribution is -0.140.